The molecule has 0 saturated carbocycles. The number of fused-ring (bicyclic) bond motifs is 1. The van der Waals surface area contributed by atoms with Crippen molar-refractivity contribution in [3.05, 3.63) is 40.8 Å². The molecule has 1 spiro atoms. The zero-order chi connectivity index (χ0) is 19.4. The molecule has 7 nitrogen and oxygen atoms in total. The van der Waals surface area contributed by atoms with Gasteiger partial charge in [0.2, 0.25) is 5.82 Å². The maximum Gasteiger partial charge on any atom is 0.293 e. The monoisotopic (exact) mass is 383 g/mol. The van der Waals surface area contributed by atoms with Crippen LogP contribution in [0.3, 0.4) is 0 Å². The van der Waals surface area contributed by atoms with E-state index in [1.165, 1.54) is 4.52 Å². The Morgan fingerprint density at radius 3 is 2.85 bits per heavy atom. The standard InChI is InChI=1S/C19H18ClN5O2/c1-18(2)10-19(8-12(9-21)15(18)26)6-7-24(11-19)17(27)16-22-14-5-3-4-13(20)25(14)23-16/h3-5,8H,6-7,10-11H2,1-2H3/t19-/m1/s1. The van der Waals surface area contributed by atoms with Gasteiger partial charge in [-0.1, -0.05) is 37.6 Å². The predicted octanol–water partition coefficient (Wildman–Crippen LogP) is 2.66. The number of ketones is 1. The van der Waals surface area contributed by atoms with E-state index in [9.17, 15) is 14.9 Å². The average molecular weight is 384 g/mol. The van der Waals surface area contributed by atoms with E-state index in [-0.39, 0.29) is 28.5 Å². The number of pyridine rings is 1. The fourth-order valence-electron chi connectivity index (χ4n) is 4.27. The molecular weight excluding hydrogens is 366 g/mol. The van der Waals surface area contributed by atoms with Gasteiger partial charge in [-0.3, -0.25) is 9.59 Å². The van der Waals surface area contributed by atoms with Gasteiger partial charge in [0.15, 0.2) is 11.4 Å². The summed E-state index contributed by atoms with van der Waals surface area (Å²) in [5.74, 6) is -0.305. The lowest BCUT2D eigenvalue weighted by molar-refractivity contribution is -0.125. The lowest BCUT2D eigenvalue weighted by Crippen LogP contribution is -2.40. The van der Waals surface area contributed by atoms with Gasteiger partial charge >= 0.3 is 0 Å². The summed E-state index contributed by atoms with van der Waals surface area (Å²) in [5.41, 5.74) is -0.281. The van der Waals surface area contributed by atoms with Crippen LogP contribution in [0.2, 0.25) is 5.15 Å². The molecule has 0 N–H and O–H groups in total. The molecule has 0 unspecified atom stereocenters. The molecule has 1 aliphatic heterocycles. The number of amides is 1. The number of hydrogen-bond donors (Lipinski definition) is 0. The third kappa shape index (κ3) is 2.81. The highest BCUT2D eigenvalue weighted by Crippen LogP contribution is 2.48. The molecule has 1 fully saturated rings. The van der Waals surface area contributed by atoms with E-state index in [1.807, 2.05) is 19.9 Å². The van der Waals surface area contributed by atoms with E-state index in [4.69, 9.17) is 11.6 Å². The van der Waals surface area contributed by atoms with E-state index >= 15 is 0 Å². The van der Waals surface area contributed by atoms with Crippen LogP contribution in [0.25, 0.3) is 5.65 Å². The van der Waals surface area contributed by atoms with Crippen LogP contribution in [0.15, 0.2) is 29.8 Å². The second-order valence-electron chi connectivity index (χ2n) is 7.95. The highest BCUT2D eigenvalue weighted by atomic mass is 35.5. The van der Waals surface area contributed by atoms with Crippen molar-refractivity contribution in [1.82, 2.24) is 19.5 Å². The van der Waals surface area contributed by atoms with Gasteiger partial charge in [0.05, 0.1) is 5.57 Å². The van der Waals surface area contributed by atoms with Gasteiger partial charge in [-0.25, -0.2) is 9.50 Å². The van der Waals surface area contributed by atoms with Crippen molar-refractivity contribution in [2.45, 2.75) is 26.7 Å². The smallest absolute Gasteiger partial charge is 0.293 e. The Bertz CT molecular complexity index is 1050. The molecule has 0 radical (unpaired) electrons. The third-order valence-electron chi connectivity index (χ3n) is 5.40. The number of aromatic nitrogens is 3. The number of likely N-dealkylation sites (tertiary alicyclic amines) is 1. The molecule has 8 heteroatoms. The first kappa shape index (κ1) is 17.7. The lowest BCUT2D eigenvalue weighted by Gasteiger charge is -2.38. The highest BCUT2D eigenvalue weighted by Gasteiger charge is 2.49. The second-order valence-corrected chi connectivity index (χ2v) is 8.34. The van der Waals surface area contributed by atoms with Gasteiger partial charge in [-0.15, -0.1) is 5.10 Å². The summed E-state index contributed by atoms with van der Waals surface area (Å²) in [6, 6.07) is 7.19. The van der Waals surface area contributed by atoms with Crippen LogP contribution in [0, 0.1) is 22.2 Å². The third-order valence-corrected chi connectivity index (χ3v) is 5.69. The van der Waals surface area contributed by atoms with Crippen LogP contribution in [-0.4, -0.2) is 44.3 Å². The number of nitrogens with zero attached hydrogens (tertiary/aromatic N) is 5. The molecule has 2 aliphatic rings. The molecule has 2 aromatic rings. The summed E-state index contributed by atoms with van der Waals surface area (Å²) >= 11 is 6.09. The van der Waals surface area contributed by atoms with Crippen molar-refractivity contribution < 1.29 is 9.59 Å². The predicted molar refractivity (Wildman–Crippen MR) is 98.1 cm³/mol. The first-order chi connectivity index (χ1) is 12.7. The molecule has 1 amide bonds. The zero-order valence-corrected chi connectivity index (χ0v) is 15.8. The minimum atomic E-state index is -0.617. The zero-order valence-electron chi connectivity index (χ0n) is 15.1. The maximum absolute atomic E-state index is 12.9. The quantitative estimate of drug-likeness (QED) is 0.706. The molecule has 2 aromatic heterocycles. The topological polar surface area (TPSA) is 91.4 Å². The summed E-state index contributed by atoms with van der Waals surface area (Å²) in [5, 5.41) is 13.9. The second kappa shape index (κ2) is 5.89. The van der Waals surface area contributed by atoms with Crippen LogP contribution < -0.4 is 0 Å². The summed E-state index contributed by atoms with van der Waals surface area (Å²) < 4.78 is 1.43. The maximum atomic E-state index is 12.9. The van der Waals surface area contributed by atoms with Crippen LogP contribution in [0.5, 0.6) is 0 Å². The fourth-order valence-corrected chi connectivity index (χ4v) is 4.46. The molecule has 1 atom stereocenters. The number of carbonyl (C=O) groups excluding carboxylic acids is 2. The van der Waals surface area contributed by atoms with Crippen molar-refractivity contribution in [1.29, 1.82) is 5.26 Å². The number of allylic oxidation sites excluding steroid dienone is 1. The average Bonchev–Trinajstić information content (AvgIpc) is 3.23. The number of nitriles is 1. The minimum absolute atomic E-state index is 0.0933. The number of hydrogen-bond acceptors (Lipinski definition) is 5. The van der Waals surface area contributed by atoms with Crippen LogP contribution in [0.1, 0.15) is 37.3 Å². The summed E-state index contributed by atoms with van der Waals surface area (Å²) in [7, 11) is 0. The molecule has 3 heterocycles. The Morgan fingerprint density at radius 1 is 1.37 bits per heavy atom. The van der Waals surface area contributed by atoms with E-state index in [0.717, 1.165) is 0 Å². The molecule has 138 valence electrons. The number of rotatable bonds is 1. The van der Waals surface area contributed by atoms with Crippen molar-refractivity contribution in [3.8, 4) is 6.07 Å². The van der Waals surface area contributed by atoms with Crippen LogP contribution >= 0.6 is 11.6 Å². The fraction of sp³-hybridized carbons (Fsp3) is 0.421. The Kier molecular flexibility index (Phi) is 3.86. The number of Topliss-reactive ketones (excluding diaryl/α,β-unsaturated/α-hetero) is 1. The summed E-state index contributed by atoms with van der Waals surface area (Å²) in [6.45, 7) is 4.69. The minimum Gasteiger partial charge on any atom is -0.335 e. The Balaban J connectivity index is 1.63. The number of carbonyl (C=O) groups is 2. The van der Waals surface area contributed by atoms with E-state index in [1.54, 1.807) is 29.2 Å². The van der Waals surface area contributed by atoms with Gasteiger partial charge < -0.3 is 4.90 Å². The van der Waals surface area contributed by atoms with Crippen molar-refractivity contribution in [2.24, 2.45) is 10.8 Å². The van der Waals surface area contributed by atoms with E-state index in [2.05, 4.69) is 10.1 Å². The van der Waals surface area contributed by atoms with E-state index in [0.29, 0.717) is 36.7 Å². The van der Waals surface area contributed by atoms with Crippen molar-refractivity contribution >= 4 is 28.9 Å². The van der Waals surface area contributed by atoms with Gasteiger partial charge in [-0.2, -0.15) is 5.26 Å². The molecular formula is C19H18ClN5O2. The first-order valence-corrected chi connectivity index (χ1v) is 9.11. The molecule has 4 rings (SSSR count). The molecule has 1 saturated heterocycles. The van der Waals surface area contributed by atoms with Crippen molar-refractivity contribution in [2.75, 3.05) is 13.1 Å². The SMILES string of the molecule is CC1(C)C[C@]2(C=C(C#N)C1=O)CCN(C(=O)c1nc3cccc(Cl)n3n1)C2. The Labute approximate surface area is 161 Å². The van der Waals surface area contributed by atoms with Crippen LogP contribution in [0.4, 0.5) is 0 Å². The molecule has 27 heavy (non-hydrogen) atoms. The molecule has 0 bridgehead atoms. The summed E-state index contributed by atoms with van der Waals surface area (Å²) in [4.78, 5) is 31.3. The Morgan fingerprint density at radius 2 is 2.15 bits per heavy atom. The van der Waals surface area contributed by atoms with Gasteiger partial charge in [-0.05, 0) is 25.0 Å². The first-order valence-electron chi connectivity index (χ1n) is 8.73. The Hall–Kier alpha value is -2.72. The normalized spacial score (nSPS) is 24.3. The van der Waals surface area contributed by atoms with Crippen LogP contribution in [-0.2, 0) is 4.79 Å². The largest absolute Gasteiger partial charge is 0.335 e. The molecule has 1 aliphatic carbocycles. The highest BCUT2D eigenvalue weighted by molar-refractivity contribution is 6.29. The number of halogens is 1. The van der Waals surface area contributed by atoms with Gasteiger partial charge in [0.25, 0.3) is 5.91 Å². The lowest BCUT2D eigenvalue weighted by atomic mass is 9.64. The van der Waals surface area contributed by atoms with Crippen molar-refractivity contribution in [3.63, 3.8) is 0 Å². The van der Waals surface area contributed by atoms with Gasteiger partial charge in [0.1, 0.15) is 11.2 Å². The van der Waals surface area contributed by atoms with E-state index < -0.39 is 5.41 Å². The summed E-state index contributed by atoms with van der Waals surface area (Å²) in [6.07, 6.45) is 3.08. The molecule has 0 aromatic carbocycles. The van der Waals surface area contributed by atoms with Gasteiger partial charge in [0, 0.05) is 23.9 Å².